The van der Waals surface area contributed by atoms with Crippen molar-refractivity contribution in [3.63, 3.8) is 0 Å². The van der Waals surface area contributed by atoms with Crippen molar-refractivity contribution in [3.05, 3.63) is 18.1 Å². The molecule has 0 spiro atoms. The van der Waals surface area contributed by atoms with Crippen LogP contribution in [0.2, 0.25) is 0 Å². The van der Waals surface area contributed by atoms with Gasteiger partial charge in [0.25, 0.3) is 0 Å². The van der Waals surface area contributed by atoms with Crippen LogP contribution in [0.5, 0.6) is 0 Å². The van der Waals surface area contributed by atoms with Crippen molar-refractivity contribution in [2.75, 3.05) is 5.32 Å². The maximum absolute atomic E-state index is 4.25. The molecule has 1 unspecified atom stereocenters. The van der Waals surface area contributed by atoms with E-state index in [9.17, 15) is 0 Å². The smallest absolute Gasteiger partial charge is 0.129 e. The van der Waals surface area contributed by atoms with Gasteiger partial charge in [-0.15, -0.1) is 0 Å². The van der Waals surface area contributed by atoms with Gasteiger partial charge in [-0.25, -0.2) is 9.97 Å². The second-order valence-corrected chi connectivity index (χ2v) is 5.12. The van der Waals surface area contributed by atoms with Crippen molar-refractivity contribution in [1.29, 1.82) is 0 Å². The fraction of sp³-hybridized carbons (Fsp3) is 0.714. The van der Waals surface area contributed by atoms with Crippen LogP contribution in [-0.4, -0.2) is 16.0 Å². The van der Waals surface area contributed by atoms with Crippen molar-refractivity contribution >= 4 is 5.82 Å². The first-order valence-corrected chi connectivity index (χ1v) is 6.69. The lowest BCUT2D eigenvalue weighted by atomic mass is 10.0. The Hall–Kier alpha value is -1.12. The number of hydrogen-bond donors (Lipinski definition) is 1. The average molecular weight is 235 g/mol. The van der Waals surface area contributed by atoms with Crippen LogP contribution < -0.4 is 5.32 Å². The molecule has 0 amide bonds. The zero-order chi connectivity index (χ0) is 12.7. The second kappa shape index (κ2) is 7.25. The highest BCUT2D eigenvalue weighted by Gasteiger charge is 2.04. The molecule has 0 aliphatic carbocycles. The fourth-order valence-corrected chi connectivity index (χ4v) is 1.83. The monoisotopic (exact) mass is 235 g/mol. The van der Waals surface area contributed by atoms with Gasteiger partial charge < -0.3 is 5.32 Å². The third-order valence-electron chi connectivity index (χ3n) is 2.90. The number of hydrogen-bond acceptors (Lipinski definition) is 3. The molecule has 0 radical (unpaired) electrons. The van der Waals surface area contributed by atoms with Gasteiger partial charge in [0.2, 0.25) is 0 Å². The number of anilines is 1. The summed E-state index contributed by atoms with van der Waals surface area (Å²) in [6.45, 7) is 8.87. The highest BCUT2D eigenvalue weighted by atomic mass is 15.0. The largest absolute Gasteiger partial charge is 0.368 e. The first-order chi connectivity index (χ1) is 8.11. The molecule has 3 heteroatoms. The van der Waals surface area contributed by atoms with E-state index >= 15 is 0 Å². The van der Waals surface area contributed by atoms with Gasteiger partial charge in [-0.1, -0.05) is 33.6 Å². The normalized spacial score (nSPS) is 12.8. The molecule has 96 valence electrons. The molecule has 0 aliphatic heterocycles. The molecule has 3 nitrogen and oxygen atoms in total. The van der Waals surface area contributed by atoms with Crippen LogP contribution in [0, 0.1) is 5.92 Å². The molecule has 0 saturated heterocycles. The van der Waals surface area contributed by atoms with Crippen LogP contribution in [0.4, 0.5) is 5.82 Å². The lowest BCUT2D eigenvalue weighted by molar-refractivity contribution is 0.520. The van der Waals surface area contributed by atoms with Gasteiger partial charge >= 0.3 is 0 Å². The molecular weight excluding hydrogens is 210 g/mol. The third-order valence-corrected chi connectivity index (χ3v) is 2.90. The number of rotatable bonds is 7. The van der Waals surface area contributed by atoms with Gasteiger partial charge in [0, 0.05) is 17.8 Å². The summed E-state index contributed by atoms with van der Waals surface area (Å²) in [5, 5.41) is 3.44. The number of nitrogens with zero attached hydrogens (tertiary/aromatic N) is 2. The Morgan fingerprint density at radius 1 is 1.18 bits per heavy atom. The Kier molecular flexibility index (Phi) is 5.95. The van der Waals surface area contributed by atoms with E-state index in [1.165, 1.54) is 19.3 Å². The average Bonchev–Trinajstić information content (AvgIpc) is 2.28. The summed E-state index contributed by atoms with van der Waals surface area (Å²) < 4.78 is 0. The van der Waals surface area contributed by atoms with Gasteiger partial charge in [-0.05, 0) is 25.7 Å². The van der Waals surface area contributed by atoms with Crippen LogP contribution in [0.25, 0.3) is 0 Å². The van der Waals surface area contributed by atoms with Gasteiger partial charge in [-0.3, -0.25) is 0 Å². The molecule has 1 atom stereocenters. The van der Waals surface area contributed by atoms with E-state index in [2.05, 4.69) is 43.0 Å². The van der Waals surface area contributed by atoms with Crippen molar-refractivity contribution in [2.45, 2.75) is 59.4 Å². The maximum Gasteiger partial charge on any atom is 0.129 e. The van der Waals surface area contributed by atoms with Crippen LogP contribution in [0.1, 0.15) is 52.7 Å². The van der Waals surface area contributed by atoms with Crippen LogP contribution in [-0.2, 0) is 6.42 Å². The van der Waals surface area contributed by atoms with Crippen molar-refractivity contribution < 1.29 is 0 Å². The molecule has 0 aromatic carbocycles. The van der Waals surface area contributed by atoms with Crippen molar-refractivity contribution in [2.24, 2.45) is 5.92 Å². The molecule has 1 rings (SSSR count). The SMILES string of the molecule is CCc1cc(NC(C)CCCC(C)C)ncn1. The predicted octanol–water partition coefficient (Wildman–Crippen LogP) is 3.67. The standard InChI is InChI=1S/C14H25N3/c1-5-13-9-14(16-10-15-13)17-12(4)8-6-7-11(2)3/h9-12H,5-8H2,1-4H3,(H,15,16,17). The van der Waals surface area contributed by atoms with E-state index in [4.69, 9.17) is 0 Å². The maximum atomic E-state index is 4.25. The van der Waals surface area contributed by atoms with Crippen LogP contribution >= 0.6 is 0 Å². The summed E-state index contributed by atoms with van der Waals surface area (Å²) in [4.78, 5) is 8.45. The molecular formula is C14H25N3. The quantitative estimate of drug-likeness (QED) is 0.783. The molecule has 0 bridgehead atoms. The Morgan fingerprint density at radius 2 is 1.94 bits per heavy atom. The molecule has 0 aliphatic rings. The first-order valence-electron chi connectivity index (χ1n) is 6.69. The Morgan fingerprint density at radius 3 is 2.59 bits per heavy atom. The highest BCUT2D eigenvalue weighted by molar-refractivity contribution is 5.35. The summed E-state index contributed by atoms with van der Waals surface area (Å²) in [5.74, 6) is 1.75. The summed E-state index contributed by atoms with van der Waals surface area (Å²) in [5.41, 5.74) is 1.09. The van der Waals surface area contributed by atoms with Gasteiger partial charge in [0.05, 0.1) is 0 Å². The summed E-state index contributed by atoms with van der Waals surface area (Å²) in [6.07, 6.45) is 6.37. The molecule has 17 heavy (non-hydrogen) atoms. The van der Waals surface area contributed by atoms with Gasteiger partial charge in [0.1, 0.15) is 12.1 Å². The van der Waals surface area contributed by atoms with E-state index in [0.717, 1.165) is 23.9 Å². The zero-order valence-corrected chi connectivity index (χ0v) is 11.5. The van der Waals surface area contributed by atoms with E-state index in [1.807, 2.05) is 6.07 Å². The van der Waals surface area contributed by atoms with E-state index < -0.39 is 0 Å². The molecule has 1 aromatic heterocycles. The minimum atomic E-state index is 0.480. The lowest BCUT2D eigenvalue weighted by Crippen LogP contribution is -2.16. The lowest BCUT2D eigenvalue weighted by Gasteiger charge is -2.15. The molecule has 1 aromatic rings. The summed E-state index contributed by atoms with van der Waals surface area (Å²) in [6, 6.07) is 2.52. The van der Waals surface area contributed by atoms with Gasteiger partial charge in [0.15, 0.2) is 0 Å². The van der Waals surface area contributed by atoms with Crippen LogP contribution in [0.3, 0.4) is 0 Å². The second-order valence-electron chi connectivity index (χ2n) is 5.12. The fourth-order valence-electron chi connectivity index (χ4n) is 1.83. The van der Waals surface area contributed by atoms with Crippen LogP contribution in [0.15, 0.2) is 12.4 Å². The molecule has 1 heterocycles. The Balaban J connectivity index is 2.36. The highest BCUT2D eigenvalue weighted by Crippen LogP contribution is 2.12. The van der Waals surface area contributed by atoms with Crippen molar-refractivity contribution in [1.82, 2.24) is 9.97 Å². The minimum Gasteiger partial charge on any atom is -0.368 e. The topological polar surface area (TPSA) is 37.8 Å². The van der Waals surface area contributed by atoms with E-state index in [1.54, 1.807) is 6.33 Å². The predicted molar refractivity (Wildman–Crippen MR) is 73.2 cm³/mol. The van der Waals surface area contributed by atoms with Gasteiger partial charge in [-0.2, -0.15) is 0 Å². The molecule has 0 fully saturated rings. The molecule has 1 N–H and O–H groups in total. The summed E-state index contributed by atoms with van der Waals surface area (Å²) >= 11 is 0. The van der Waals surface area contributed by atoms with Crippen molar-refractivity contribution in [3.8, 4) is 0 Å². The summed E-state index contributed by atoms with van der Waals surface area (Å²) in [7, 11) is 0. The third kappa shape index (κ3) is 5.66. The minimum absolute atomic E-state index is 0.480. The van der Waals surface area contributed by atoms with E-state index in [-0.39, 0.29) is 0 Å². The zero-order valence-electron chi connectivity index (χ0n) is 11.5. The number of nitrogens with one attached hydrogen (secondary N) is 1. The molecule has 0 saturated carbocycles. The number of aryl methyl sites for hydroxylation is 1. The number of aromatic nitrogens is 2. The first kappa shape index (κ1) is 13.9. The Bertz CT molecular complexity index is 323. The van der Waals surface area contributed by atoms with E-state index in [0.29, 0.717) is 6.04 Å². The Labute approximate surface area is 105 Å².